The fourth-order valence-electron chi connectivity index (χ4n) is 3.18. The van der Waals surface area contributed by atoms with E-state index in [-0.39, 0.29) is 18.5 Å². The Morgan fingerprint density at radius 1 is 1.22 bits per heavy atom. The quantitative estimate of drug-likeness (QED) is 0.502. The minimum Gasteiger partial charge on any atom is -0.467 e. The number of ether oxygens (including phenoxy) is 1. The van der Waals surface area contributed by atoms with E-state index >= 15 is 0 Å². The lowest BCUT2D eigenvalue weighted by Gasteiger charge is -2.21. The summed E-state index contributed by atoms with van der Waals surface area (Å²) >= 11 is 0. The second-order valence-electron chi connectivity index (χ2n) is 6.86. The zero-order valence-electron chi connectivity index (χ0n) is 16.3. The summed E-state index contributed by atoms with van der Waals surface area (Å²) in [7, 11) is 1.33. The van der Waals surface area contributed by atoms with Crippen molar-refractivity contribution in [1.29, 1.82) is 0 Å². The number of fused-ring (bicyclic) bond motifs is 1. The molecule has 2 atom stereocenters. The number of nitrogens with zero attached hydrogens (tertiary/aromatic N) is 1. The van der Waals surface area contributed by atoms with Gasteiger partial charge in [-0.2, -0.15) is 0 Å². The van der Waals surface area contributed by atoms with Crippen molar-refractivity contribution in [3.8, 4) is 0 Å². The monoisotopic (exact) mass is 376 g/mol. The van der Waals surface area contributed by atoms with Gasteiger partial charge in [-0.1, -0.05) is 38.5 Å². The van der Waals surface area contributed by atoms with Gasteiger partial charge in [0.2, 0.25) is 0 Å². The number of para-hydroxylation sites is 1. The van der Waals surface area contributed by atoms with Crippen molar-refractivity contribution in [2.45, 2.75) is 52.1 Å². The largest absolute Gasteiger partial charge is 0.467 e. The standard InChI is InChI=1S/C21H29FN2O3/c1-4-15(2)19(21(26)27-3)23-20(25)17-14-24(13-9-5-8-12-22)18-11-7-6-10-16(17)18/h6-7,10-11,14-15,19H,4-5,8-9,12-13H2,1-3H3,(H,23,25)/t15-,19-/m0/s1. The fraction of sp³-hybridized carbons (Fsp3) is 0.524. The maximum Gasteiger partial charge on any atom is 0.328 e. The fourth-order valence-corrected chi connectivity index (χ4v) is 3.18. The van der Waals surface area contributed by atoms with Crippen LogP contribution in [-0.4, -0.2) is 36.3 Å². The number of unbranched alkanes of at least 4 members (excludes halogenated alkanes) is 2. The van der Waals surface area contributed by atoms with Crippen LogP contribution in [-0.2, 0) is 16.1 Å². The van der Waals surface area contributed by atoms with Gasteiger partial charge in [-0.15, -0.1) is 0 Å². The number of aryl methyl sites for hydroxylation is 1. The molecule has 1 N–H and O–H groups in total. The molecule has 0 radical (unpaired) electrons. The highest BCUT2D eigenvalue weighted by atomic mass is 19.1. The van der Waals surface area contributed by atoms with E-state index in [0.717, 1.165) is 36.7 Å². The third kappa shape index (κ3) is 5.08. The predicted octanol–water partition coefficient (Wildman–Crippen LogP) is 4.10. The minimum absolute atomic E-state index is 0.0320. The Balaban J connectivity index is 2.25. The molecule has 27 heavy (non-hydrogen) atoms. The van der Waals surface area contributed by atoms with Crippen LogP contribution in [0.25, 0.3) is 10.9 Å². The Kier molecular flexibility index (Phi) is 7.82. The number of carbonyl (C=O) groups excluding carboxylic acids is 2. The van der Waals surface area contributed by atoms with Crippen LogP contribution in [0.4, 0.5) is 4.39 Å². The molecule has 1 amide bonds. The number of carbonyl (C=O) groups is 2. The number of amides is 1. The number of benzene rings is 1. The summed E-state index contributed by atoms with van der Waals surface area (Å²) in [5.41, 5.74) is 1.49. The van der Waals surface area contributed by atoms with Gasteiger partial charge >= 0.3 is 5.97 Å². The molecule has 6 heteroatoms. The average molecular weight is 376 g/mol. The Hall–Kier alpha value is -2.37. The summed E-state index contributed by atoms with van der Waals surface area (Å²) < 4.78 is 19.2. The molecule has 0 unspecified atom stereocenters. The smallest absolute Gasteiger partial charge is 0.328 e. The van der Waals surface area contributed by atoms with Gasteiger partial charge in [0.05, 0.1) is 19.3 Å². The molecule has 0 saturated carbocycles. The van der Waals surface area contributed by atoms with Crippen LogP contribution in [0.2, 0.25) is 0 Å². The molecule has 0 spiro atoms. The summed E-state index contributed by atoms with van der Waals surface area (Å²) in [5.74, 6) is -0.757. The van der Waals surface area contributed by atoms with E-state index in [4.69, 9.17) is 4.74 Å². The number of aromatic nitrogens is 1. The lowest BCUT2D eigenvalue weighted by Crippen LogP contribution is -2.45. The van der Waals surface area contributed by atoms with Crippen molar-refractivity contribution >= 4 is 22.8 Å². The highest BCUT2D eigenvalue weighted by Crippen LogP contribution is 2.23. The molecule has 0 aliphatic heterocycles. The van der Waals surface area contributed by atoms with Gasteiger partial charge in [0, 0.05) is 23.6 Å². The molecule has 0 aliphatic rings. The Bertz CT molecular complexity index is 772. The van der Waals surface area contributed by atoms with E-state index in [1.807, 2.05) is 48.9 Å². The van der Waals surface area contributed by atoms with Crippen LogP contribution in [0.1, 0.15) is 49.9 Å². The first-order valence-corrected chi connectivity index (χ1v) is 9.56. The van der Waals surface area contributed by atoms with Gasteiger partial charge in [-0.25, -0.2) is 4.79 Å². The number of methoxy groups -OCH3 is 1. The number of rotatable bonds is 10. The molecule has 0 bridgehead atoms. The second-order valence-corrected chi connectivity index (χ2v) is 6.86. The number of hydrogen-bond donors (Lipinski definition) is 1. The molecule has 0 aliphatic carbocycles. The van der Waals surface area contributed by atoms with Crippen LogP contribution in [0, 0.1) is 5.92 Å². The van der Waals surface area contributed by atoms with E-state index < -0.39 is 12.0 Å². The maximum atomic E-state index is 12.9. The van der Waals surface area contributed by atoms with E-state index in [2.05, 4.69) is 5.32 Å². The first kappa shape index (κ1) is 20.9. The second kappa shape index (κ2) is 10.1. The first-order chi connectivity index (χ1) is 13.0. The maximum absolute atomic E-state index is 12.9. The summed E-state index contributed by atoms with van der Waals surface area (Å²) in [4.78, 5) is 25.0. The number of nitrogens with one attached hydrogen (secondary N) is 1. The van der Waals surface area contributed by atoms with Gasteiger partial charge in [-0.05, 0) is 31.2 Å². The average Bonchev–Trinajstić information content (AvgIpc) is 3.07. The Morgan fingerprint density at radius 2 is 1.96 bits per heavy atom. The Morgan fingerprint density at radius 3 is 2.63 bits per heavy atom. The molecule has 148 valence electrons. The van der Waals surface area contributed by atoms with Crippen LogP contribution in [0.5, 0.6) is 0 Å². The minimum atomic E-state index is -0.681. The van der Waals surface area contributed by atoms with Crippen molar-refractivity contribution in [2.24, 2.45) is 5.92 Å². The molecular weight excluding hydrogens is 347 g/mol. The lowest BCUT2D eigenvalue weighted by atomic mass is 9.99. The molecule has 1 aromatic carbocycles. The predicted molar refractivity (Wildman–Crippen MR) is 104 cm³/mol. The number of halogens is 1. The molecule has 0 fully saturated rings. The van der Waals surface area contributed by atoms with Gasteiger partial charge in [0.1, 0.15) is 6.04 Å². The summed E-state index contributed by atoms with van der Waals surface area (Å²) in [5, 5.41) is 3.68. The highest BCUT2D eigenvalue weighted by molar-refractivity contribution is 6.08. The van der Waals surface area contributed by atoms with Gasteiger partial charge in [-0.3, -0.25) is 9.18 Å². The molecule has 1 heterocycles. The van der Waals surface area contributed by atoms with E-state index in [0.29, 0.717) is 12.0 Å². The zero-order chi connectivity index (χ0) is 19.8. The highest BCUT2D eigenvalue weighted by Gasteiger charge is 2.28. The molecule has 1 aromatic heterocycles. The van der Waals surface area contributed by atoms with Crippen LogP contribution >= 0.6 is 0 Å². The SMILES string of the molecule is CC[C@H](C)[C@H](NC(=O)c1cn(CCCCCF)c2ccccc12)C(=O)OC. The number of alkyl halides is 1. The molecular formula is C21H29FN2O3. The van der Waals surface area contributed by atoms with Gasteiger partial charge < -0.3 is 14.6 Å². The van der Waals surface area contributed by atoms with E-state index in [9.17, 15) is 14.0 Å². The summed E-state index contributed by atoms with van der Waals surface area (Å²) in [6.07, 6.45) is 4.78. The van der Waals surface area contributed by atoms with Crippen molar-refractivity contribution in [1.82, 2.24) is 9.88 Å². The van der Waals surface area contributed by atoms with E-state index in [1.54, 1.807) is 0 Å². The number of esters is 1. The van der Waals surface area contributed by atoms with Crippen LogP contribution < -0.4 is 5.32 Å². The third-order valence-electron chi connectivity index (χ3n) is 5.02. The van der Waals surface area contributed by atoms with Crippen molar-refractivity contribution < 1.29 is 18.7 Å². The lowest BCUT2D eigenvalue weighted by molar-refractivity contribution is -0.144. The first-order valence-electron chi connectivity index (χ1n) is 9.56. The molecule has 0 saturated heterocycles. The molecule has 2 aromatic rings. The van der Waals surface area contributed by atoms with E-state index in [1.165, 1.54) is 7.11 Å². The van der Waals surface area contributed by atoms with Crippen molar-refractivity contribution in [2.75, 3.05) is 13.8 Å². The number of hydrogen-bond acceptors (Lipinski definition) is 3. The van der Waals surface area contributed by atoms with Gasteiger partial charge in [0.25, 0.3) is 5.91 Å². The van der Waals surface area contributed by atoms with Gasteiger partial charge in [0.15, 0.2) is 0 Å². The summed E-state index contributed by atoms with van der Waals surface area (Å²) in [6, 6.07) is 7.00. The zero-order valence-corrected chi connectivity index (χ0v) is 16.3. The normalized spacial score (nSPS) is 13.3. The topological polar surface area (TPSA) is 60.3 Å². The van der Waals surface area contributed by atoms with Crippen LogP contribution in [0.3, 0.4) is 0 Å². The van der Waals surface area contributed by atoms with Crippen LogP contribution in [0.15, 0.2) is 30.5 Å². The molecule has 2 rings (SSSR count). The van der Waals surface area contributed by atoms with Crippen molar-refractivity contribution in [3.05, 3.63) is 36.0 Å². The van der Waals surface area contributed by atoms with Crippen molar-refractivity contribution in [3.63, 3.8) is 0 Å². The Labute approximate surface area is 159 Å². The third-order valence-corrected chi connectivity index (χ3v) is 5.02. The molecule has 5 nitrogen and oxygen atoms in total. The summed E-state index contributed by atoms with van der Waals surface area (Å²) in [6.45, 7) is 4.30.